The SMILES string of the molecule is CO.N#Cc1cc2c(cc1F)N1CCCCC1CCCCOc1ccc(C=O)cc1SN2. The number of benzene rings is 2. The van der Waals surface area contributed by atoms with Gasteiger partial charge in [-0.1, -0.05) is 0 Å². The van der Waals surface area contributed by atoms with Gasteiger partial charge in [0.2, 0.25) is 0 Å². The first kappa shape index (κ1) is 23.9. The molecule has 0 radical (unpaired) electrons. The summed E-state index contributed by atoms with van der Waals surface area (Å²) >= 11 is 1.31. The van der Waals surface area contributed by atoms with Crippen LogP contribution in [0.15, 0.2) is 35.2 Å². The number of aliphatic hydroxyl groups excluding tert-OH is 1. The topological polar surface area (TPSA) is 85.6 Å². The van der Waals surface area contributed by atoms with Crippen molar-refractivity contribution in [2.45, 2.75) is 49.5 Å². The first-order valence-corrected chi connectivity index (χ1v) is 11.6. The number of anilines is 2. The Morgan fingerprint density at radius 3 is 2.75 bits per heavy atom. The summed E-state index contributed by atoms with van der Waals surface area (Å²) in [7, 11) is 1.00. The highest BCUT2D eigenvalue weighted by Gasteiger charge is 2.26. The average Bonchev–Trinajstić information content (AvgIpc) is 2.85. The number of aldehydes is 1. The zero-order chi connectivity index (χ0) is 22.9. The molecule has 1 atom stereocenters. The number of nitrogens with one attached hydrogen (secondary N) is 1. The maximum Gasteiger partial charge on any atom is 0.150 e. The molecule has 6 nitrogen and oxygen atoms in total. The number of aliphatic hydroxyl groups is 1. The molecule has 0 aromatic heterocycles. The summed E-state index contributed by atoms with van der Waals surface area (Å²) < 4.78 is 23.8. The predicted octanol–water partition coefficient (Wildman–Crippen LogP) is 5.16. The lowest BCUT2D eigenvalue weighted by molar-refractivity contribution is 0.112. The summed E-state index contributed by atoms with van der Waals surface area (Å²) in [4.78, 5) is 14.3. The highest BCUT2D eigenvalue weighted by molar-refractivity contribution is 8.00. The average molecular weight is 458 g/mol. The lowest BCUT2D eigenvalue weighted by Crippen LogP contribution is -2.40. The van der Waals surface area contributed by atoms with E-state index in [-0.39, 0.29) is 5.56 Å². The summed E-state index contributed by atoms with van der Waals surface area (Å²) in [6.45, 7) is 1.48. The number of ether oxygens (including phenoxy) is 1. The normalized spacial score (nSPS) is 18.2. The molecular formula is C24H28FN3O3S. The quantitative estimate of drug-likeness (QED) is 0.452. The third-order valence-corrected chi connectivity index (χ3v) is 6.57. The Labute approximate surface area is 192 Å². The molecule has 170 valence electrons. The summed E-state index contributed by atoms with van der Waals surface area (Å²) in [6, 6.07) is 10.7. The molecule has 0 spiro atoms. The van der Waals surface area contributed by atoms with Gasteiger partial charge in [-0.15, -0.1) is 0 Å². The van der Waals surface area contributed by atoms with E-state index in [1.165, 1.54) is 24.4 Å². The molecule has 2 aliphatic heterocycles. The van der Waals surface area contributed by atoms with E-state index < -0.39 is 5.82 Å². The second kappa shape index (κ2) is 11.7. The van der Waals surface area contributed by atoms with Crippen LogP contribution in [0.25, 0.3) is 0 Å². The zero-order valence-corrected chi connectivity index (χ0v) is 19.0. The molecule has 2 aromatic carbocycles. The number of rotatable bonds is 1. The minimum absolute atomic E-state index is 0.0119. The largest absolute Gasteiger partial charge is 0.492 e. The molecule has 4 rings (SSSR count). The molecular weight excluding hydrogens is 429 g/mol. The van der Waals surface area contributed by atoms with E-state index in [0.717, 1.165) is 62.6 Å². The van der Waals surface area contributed by atoms with Gasteiger partial charge in [0, 0.05) is 31.3 Å². The molecule has 1 fully saturated rings. The fourth-order valence-electron chi connectivity index (χ4n) is 4.16. The number of carbonyl (C=O) groups excluding carboxylic acids is 1. The van der Waals surface area contributed by atoms with Crippen molar-refractivity contribution in [3.8, 4) is 11.8 Å². The van der Waals surface area contributed by atoms with Crippen molar-refractivity contribution in [1.82, 2.24) is 0 Å². The number of hydrogen-bond acceptors (Lipinski definition) is 7. The van der Waals surface area contributed by atoms with Crippen LogP contribution in [0.2, 0.25) is 0 Å². The van der Waals surface area contributed by atoms with Gasteiger partial charge in [0.1, 0.15) is 23.9 Å². The van der Waals surface area contributed by atoms with Crippen molar-refractivity contribution >= 4 is 29.6 Å². The van der Waals surface area contributed by atoms with Gasteiger partial charge in [0.05, 0.1) is 28.4 Å². The minimum atomic E-state index is -0.497. The molecule has 2 N–H and O–H groups in total. The van der Waals surface area contributed by atoms with Gasteiger partial charge < -0.3 is 19.5 Å². The van der Waals surface area contributed by atoms with Gasteiger partial charge in [-0.2, -0.15) is 5.26 Å². The number of nitrogens with zero attached hydrogens (tertiary/aromatic N) is 2. The monoisotopic (exact) mass is 457 g/mol. The van der Waals surface area contributed by atoms with Crippen molar-refractivity contribution in [3.63, 3.8) is 0 Å². The Hall–Kier alpha value is -2.76. The Morgan fingerprint density at radius 1 is 1.22 bits per heavy atom. The second-order valence-corrected chi connectivity index (χ2v) is 8.52. The van der Waals surface area contributed by atoms with E-state index in [0.29, 0.717) is 29.6 Å². The number of fused-ring (bicyclic) bond motifs is 4. The van der Waals surface area contributed by atoms with Crippen molar-refractivity contribution < 1.29 is 19.0 Å². The zero-order valence-electron chi connectivity index (χ0n) is 18.1. The Kier molecular flexibility index (Phi) is 8.77. The van der Waals surface area contributed by atoms with Crippen LogP contribution in [0, 0.1) is 17.1 Å². The highest BCUT2D eigenvalue weighted by atomic mass is 32.2. The number of piperidine rings is 1. The fourth-order valence-corrected chi connectivity index (χ4v) is 4.96. The summed E-state index contributed by atoms with van der Waals surface area (Å²) in [5, 5.41) is 16.3. The molecule has 32 heavy (non-hydrogen) atoms. The molecule has 2 aromatic rings. The van der Waals surface area contributed by atoms with Gasteiger partial charge in [-0.25, -0.2) is 4.39 Å². The minimum Gasteiger partial charge on any atom is -0.492 e. The Balaban J connectivity index is 0.00000141. The van der Waals surface area contributed by atoms with Gasteiger partial charge in [0.25, 0.3) is 0 Å². The van der Waals surface area contributed by atoms with Gasteiger partial charge >= 0.3 is 0 Å². The van der Waals surface area contributed by atoms with Crippen LogP contribution in [-0.2, 0) is 0 Å². The maximum absolute atomic E-state index is 14.6. The van der Waals surface area contributed by atoms with E-state index in [2.05, 4.69) is 9.62 Å². The van der Waals surface area contributed by atoms with Crippen molar-refractivity contribution in [3.05, 3.63) is 47.3 Å². The molecule has 0 bridgehead atoms. The van der Waals surface area contributed by atoms with Crippen LogP contribution >= 0.6 is 11.9 Å². The first-order valence-electron chi connectivity index (χ1n) is 10.8. The van der Waals surface area contributed by atoms with E-state index in [4.69, 9.17) is 9.84 Å². The molecule has 0 aliphatic carbocycles. The molecule has 2 aliphatic rings. The maximum atomic E-state index is 14.6. The van der Waals surface area contributed by atoms with Crippen LogP contribution < -0.4 is 14.4 Å². The molecule has 0 amide bonds. The standard InChI is InChI=1S/C23H24FN3O2S.CH4O/c24-19-13-21-20(12-17(19)14-25)26-30-23-11-16(15-28)7-8-22(23)29-10-4-2-6-18-5-1-3-9-27(18)21;1-2/h7-8,11-13,15,18,26H,1-6,9-10H2;2H,1H3. The summed E-state index contributed by atoms with van der Waals surface area (Å²) in [5.41, 5.74) is 2.06. The van der Waals surface area contributed by atoms with Crippen LogP contribution in [-0.4, -0.2) is 37.7 Å². The lowest BCUT2D eigenvalue weighted by atomic mass is 9.96. The van der Waals surface area contributed by atoms with Crippen LogP contribution in [0.5, 0.6) is 5.75 Å². The number of halogens is 1. The number of nitriles is 1. The van der Waals surface area contributed by atoms with Crippen molar-refractivity contribution in [2.75, 3.05) is 29.9 Å². The second-order valence-electron chi connectivity index (χ2n) is 7.68. The van der Waals surface area contributed by atoms with Gasteiger partial charge in [-0.05, 0) is 74.7 Å². The fraction of sp³-hybridized carbons (Fsp3) is 0.417. The van der Waals surface area contributed by atoms with Crippen molar-refractivity contribution in [1.29, 1.82) is 5.26 Å². The van der Waals surface area contributed by atoms with E-state index in [1.54, 1.807) is 18.2 Å². The summed E-state index contributed by atoms with van der Waals surface area (Å²) in [6.07, 6.45) is 7.11. The lowest BCUT2D eigenvalue weighted by Gasteiger charge is -2.39. The van der Waals surface area contributed by atoms with Crippen LogP contribution in [0.3, 0.4) is 0 Å². The van der Waals surface area contributed by atoms with E-state index >= 15 is 0 Å². The molecule has 0 saturated carbocycles. The predicted molar refractivity (Wildman–Crippen MR) is 125 cm³/mol. The Bertz CT molecular complexity index is 980. The molecule has 1 unspecified atom stereocenters. The van der Waals surface area contributed by atoms with Gasteiger partial charge in [0.15, 0.2) is 0 Å². The number of carbonyl (C=O) groups is 1. The molecule has 1 saturated heterocycles. The van der Waals surface area contributed by atoms with Crippen LogP contribution in [0.4, 0.5) is 15.8 Å². The third-order valence-electron chi connectivity index (χ3n) is 5.71. The third kappa shape index (κ3) is 5.53. The summed E-state index contributed by atoms with van der Waals surface area (Å²) in [5.74, 6) is 0.211. The van der Waals surface area contributed by atoms with E-state index in [9.17, 15) is 14.4 Å². The molecule has 2 heterocycles. The number of hydrogen-bond donors (Lipinski definition) is 2. The van der Waals surface area contributed by atoms with Gasteiger partial charge in [-0.3, -0.25) is 4.79 Å². The Morgan fingerprint density at radius 2 is 2.00 bits per heavy atom. The van der Waals surface area contributed by atoms with Crippen molar-refractivity contribution in [2.24, 2.45) is 0 Å². The van der Waals surface area contributed by atoms with Crippen LogP contribution in [0.1, 0.15) is 54.4 Å². The molecule has 8 heteroatoms. The smallest absolute Gasteiger partial charge is 0.150 e. The highest BCUT2D eigenvalue weighted by Crippen LogP contribution is 2.39. The van der Waals surface area contributed by atoms with E-state index in [1.807, 2.05) is 12.1 Å². The first-order chi connectivity index (χ1) is 15.7.